The standard InChI is InChI=1S/C18H19FN2O/c1-21(10-11-22-17-8-6-15(19)7-9-17)13-16-12-14-4-2-3-5-18(14)20-16/h2-9,12,20H,10-11,13H2,1H3. The second-order valence-electron chi connectivity index (χ2n) is 5.42. The summed E-state index contributed by atoms with van der Waals surface area (Å²) in [6.07, 6.45) is 0. The molecule has 1 N–H and O–H groups in total. The van der Waals surface area contributed by atoms with E-state index in [0.29, 0.717) is 12.4 Å². The highest BCUT2D eigenvalue weighted by molar-refractivity contribution is 5.80. The normalized spacial score (nSPS) is 11.2. The molecule has 3 aromatic rings. The van der Waals surface area contributed by atoms with Crippen molar-refractivity contribution in [2.45, 2.75) is 6.54 Å². The van der Waals surface area contributed by atoms with Gasteiger partial charge in [-0.1, -0.05) is 18.2 Å². The van der Waals surface area contributed by atoms with Crippen LogP contribution in [0.4, 0.5) is 4.39 Å². The predicted molar refractivity (Wildman–Crippen MR) is 86.5 cm³/mol. The number of halogens is 1. The van der Waals surface area contributed by atoms with Crippen LogP contribution in [0.15, 0.2) is 54.6 Å². The van der Waals surface area contributed by atoms with Crippen LogP contribution in [0.1, 0.15) is 5.69 Å². The molecule has 0 unspecified atom stereocenters. The summed E-state index contributed by atoms with van der Waals surface area (Å²) < 4.78 is 18.4. The Morgan fingerprint density at radius 2 is 1.86 bits per heavy atom. The van der Waals surface area contributed by atoms with E-state index >= 15 is 0 Å². The first-order valence-electron chi connectivity index (χ1n) is 7.34. The molecule has 3 rings (SSSR count). The summed E-state index contributed by atoms with van der Waals surface area (Å²) in [6, 6.07) is 16.5. The van der Waals surface area contributed by atoms with Crippen molar-refractivity contribution >= 4 is 10.9 Å². The number of hydrogen-bond donors (Lipinski definition) is 1. The van der Waals surface area contributed by atoms with Gasteiger partial charge in [-0.15, -0.1) is 0 Å². The van der Waals surface area contributed by atoms with Gasteiger partial charge in [0.25, 0.3) is 0 Å². The van der Waals surface area contributed by atoms with E-state index < -0.39 is 0 Å². The van der Waals surface area contributed by atoms with Crippen LogP contribution < -0.4 is 4.74 Å². The van der Waals surface area contributed by atoms with Crippen LogP contribution in [0, 0.1) is 5.82 Å². The Bertz CT molecular complexity index is 703. The fraction of sp³-hybridized carbons (Fsp3) is 0.222. The van der Waals surface area contributed by atoms with Crippen molar-refractivity contribution in [1.29, 1.82) is 0 Å². The Labute approximate surface area is 129 Å². The molecule has 0 bridgehead atoms. The number of nitrogens with one attached hydrogen (secondary N) is 1. The summed E-state index contributed by atoms with van der Waals surface area (Å²) in [4.78, 5) is 5.61. The first kappa shape index (κ1) is 14.6. The highest BCUT2D eigenvalue weighted by Gasteiger charge is 2.04. The van der Waals surface area contributed by atoms with Crippen molar-refractivity contribution in [2.75, 3.05) is 20.2 Å². The lowest BCUT2D eigenvalue weighted by Crippen LogP contribution is -2.24. The topological polar surface area (TPSA) is 28.3 Å². The average Bonchev–Trinajstić information content (AvgIpc) is 2.91. The van der Waals surface area contributed by atoms with E-state index in [9.17, 15) is 4.39 Å². The van der Waals surface area contributed by atoms with Gasteiger partial charge in [-0.05, 0) is 48.8 Å². The van der Waals surface area contributed by atoms with E-state index in [4.69, 9.17) is 4.74 Å². The lowest BCUT2D eigenvalue weighted by Gasteiger charge is -2.16. The average molecular weight is 298 g/mol. The van der Waals surface area contributed by atoms with Gasteiger partial charge in [0.05, 0.1) is 0 Å². The number of fused-ring (bicyclic) bond motifs is 1. The summed E-state index contributed by atoms with van der Waals surface area (Å²) in [5.41, 5.74) is 2.35. The molecule has 0 spiro atoms. The minimum atomic E-state index is -0.247. The van der Waals surface area contributed by atoms with Gasteiger partial charge in [-0.3, -0.25) is 4.90 Å². The lowest BCUT2D eigenvalue weighted by molar-refractivity contribution is 0.231. The van der Waals surface area contributed by atoms with Crippen molar-refractivity contribution in [3.8, 4) is 5.75 Å². The molecule has 0 amide bonds. The molecule has 0 saturated carbocycles. The van der Waals surface area contributed by atoms with Gasteiger partial charge in [0.2, 0.25) is 0 Å². The minimum Gasteiger partial charge on any atom is -0.492 e. The molecule has 0 fully saturated rings. The fourth-order valence-corrected chi connectivity index (χ4v) is 2.44. The van der Waals surface area contributed by atoms with Crippen LogP contribution in [0.2, 0.25) is 0 Å². The maximum atomic E-state index is 12.8. The van der Waals surface area contributed by atoms with E-state index in [-0.39, 0.29) is 5.82 Å². The van der Waals surface area contributed by atoms with E-state index in [0.717, 1.165) is 18.6 Å². The second kappa shape index (κ2) is 6.62. The molecular formula is C18H19FN2O. The van der Waals surface area contributed by atoms with Crippen LogP contribution in [0.3, 0.4) is 0 Å². The number of ether oxygens (including phenoxy) is 1. The van der Waals surface area contributed by atoms with Gasteiger partial charge in [0.15, 0.2) is 0 Å². The molecular weight excluding hydrogens is 279 g/mol. The maximum Gasteiger partial charge on any atom is 0.123 e. The van der Waals surface area contributed by atoms with Crippen molar-refractivity contribution in [1.82, 2.24) is 9.88 Å². The number of hydrogen-bond acceptors (Lipinski definition) is 2. The van der Waals surface area contributed by atoms with E-state index in [1.807, 2.05) is 12.1 Å². The fourth-order valence-electron chi connectivity index (χ4n) is 2.44. The number of nitrogens with zero attached hydrogens (tertiary/aromatic N) is 1. The Hall–Kier alpha value is -2.33. The number of para-hydroxylation sites is 1. The van der Waals surface area contributed by atoms with Crippen molar-refractivity contribution < 1.29 is 9.13 Å². The number of rotatable bonds is 6. The van der Waals surface area contributed by atoms with Gasteiger partial charge in [0.1, 0.15) is 18.2 Å². The van der Waals surface area contributed by atoms with Crippen LogP contribution >= 0.6 is 0 Å². The van der Waals surface area contributed by atoms with Gasteiger partial charge in [-0.25, -0.2) is 4.39 Å². The number of aromatic amines is 1. The molecule has 1 aromatic heterocycles. The summed E-state index contributed by atoms with van der Waals surface area (Å²) in [7, 11) is 2.06. The summed E-state index contributed by atoms with van der Waals surface area (Å²) in [5.74, 6) is 0.448. The van der Waals surface area contributed by atoms with Crippen LogP contribution in [0.5, 0.6) is 5.75 Å². The van der Waals surface area contributed by atoms with E-state index in [1.54, 1.807) is 12.1 Å². The first-order chi connectivity index (χ1) is 10.7. The largest absolute Gasteiger partial charge is 0.492 e. The highest BCUT2D eigenvalue weighted by Crippen LogP contribution is 2.15. The zero-order valence-electron chi connectivity index (χ0n) is 12.6. The number of aromatic nitrogens is 1. The summed E-state index contributed by atoms with van der Waals surface area (Å²) in [6.45, 7) is 2.20. The van der Waals surface area contributed by atoms with Crippen molar-refractivity contribution in [2.24, 2.45) is 0 Å². The Balaban J connectivity index is 1.49. The first-order valence-corrected chi connectivity index (χ1v) is 7.34. The van der Waals surface area contributed by atoms with Crippen molar-refractivity contribution in [3.63, 3.8) is 0 Å². The van der Waals surface area contributed by atoms with Gasteiger partial charge < -0.3 is 9.72 Å². The van der Waals surface area contributed by atoms with Crippen molar-refractivity contribution in [3.05, 3.63) is 66.1 Å². The molecule has 0 aliphatic carbocycles. The molecule has 0 atom stereocenters. The van der Waals surface area contributed by atoms with Gasteiger partial charge in [0, 0.05) is 24.3 Å². The number of benzene rings is 2. The second-order valence-corrected chi connectivity index (χ2v) is 5.42. The van der Waals surface area contributed by atoms with E-state index in [2.05, 4.69) is 35.1 Å². The van der Waals surface area contributed by atoms with Crippen LogP contribution in [-0.2, 0) is 6.54 Å². The molecule has 4 heteroatoms. The number of H-pyrrole nitrogens is 1. The quantitative estimate of drug-likeness (QED) is 0.749. The third-order valence-electron chi connectivity index (χ3n) is 3.58. The van der Waals surface area contributed by atoms with Crippen LogP contribution in [-0.4, -0.2) is 30.1 Å². The zero-order valence-corrected chi connectivity index (χ0v) is 12.6. The molecule has 1 heterocycles. The monoisotopic (exact) mass is 298 g/mol. The molecule has 0 radical (unpaired) electrons. The molecule has 3 nitrogen and oxygen atoms in total. The molecule has 2 aromatic carbocycles. The van der Waals surface area contributed by atoms with Crippen LogP contribution in [0.25, 0.3) is 10.9 Å². The SMILES string of the molecule is CN(CCOc1ccc(F)cc1)Cc1cc2ccccc2[nH]1. The maximum absolute atomic E-state index is 12.8. The lowest BCUT2D eigenvalue weighted by atomic mass is 10.2. The predicted octanol–water partition coefficient (Wildman–Crippen LogP) is 3.82. The minimum absolute atomic E-state index is 0.247. The van der Waals surface area contributed by atoms with Gasteiger partial charge >= 0.3 is 0 Å². The molecule has 0 aliphatic rings. The Morgan fingerprint density at radius 3 is 2.64 bits per heavy atom. The Kier molecular flexibility index (Phi) is 4.39. The van der Waals surface area contributed by atoms with Gasteiger partial charge in [-0.2, -0.15) is 0 Å². The number of likely N-dealkylation sites (N-methyl/N-ethyl adjacent to an activating group) is 1. The molecule has 22 heavy (non-hydrogen) atoms. The highest BCUT2D eigenvalue weighted by atomic mass is 19.1. The molecule has 0 aliphatic heterocycles. The summed E-state index contributed by atoms with van der Waals surface area (Å²) in [5, 5.41) is 1.23. The zero-order chi connectivity index (χ0) is 15.4. The smallest absolute Gasteiger partial charge is 0.123 e. The summed E-state index contributed by atoms with van der Waals surface area (Å²) >= 11 is 0. The van der Waals surface area contributed by atoms with E-state index in [1.165, 1.54) is 23.2 Å². The molecule has 0 saturated heterocycles. The third kappa shape index (κ3) is 3.65. The molecule has 114 valence electrons. The Morgan fingerprint density at radius 1 is 1.09 bits per heavy atom. The third-order valence-corrected chi connectivity index (χ3v) is 3.58.